The Morgan fingerprint density at radius 1 is 1.23 bits per heavy atom. The molecule has 1 fully saturated rings. The van der Waals surface area contributed by atoms with Gasteiger partial charge in [-0.1, -0.05) is 13.3 Å². The zero-order valence-electron chi connectivity index (χ0n) is 18.0. The number of halogens is 2. The van der Waals surface area contributed by atoms with Gasteiger partial charge in [0, 0.05) is 36.6 Å². The number of piperidine rings is 1. The highest BCUT2D eigenvalue weighted by Gasteiger charge is 2.20. The first-order valence-corrected chi connectivity index (χ1v) is 10.1. The second kappa shape index (κ2) is 12.7. The van der Waals surface area contributed by atoms with Gasteiger partial charge >= 0.3 is 0 Å². The molecular formula is C21H34Cl2N6O. The number of rotatable bonds is 8. The van der Waals surface area contributed by atoms with Crippen LogP contribution < -0.4 is 26.0 Å². The Kier molecular flexibility index (Phi) is 11.0. The number of nitrogen functional groups attached to an aromatic ring is 1. The number of hydrogen-bond donors (Lipinski definition) is 3. The Labute approximate surface area is 192 Å². The van der Waals surface area contributed by atoms with Gasteiger partial charge in [0.1, 0.15) is 11.6 Å². The van der Waals surface area contributed by atoms with Gasteiger partial charge in [0.15, 0.2) is 0 Å². The smallest absolute Gasteiger partial charge is 0.229 e. The van der Waals surface area contributed by atoms with Gasteiger partial charge in [-0.25, -0.2) is 4.98 Å². The van der Waals surface area contributed by atoms with Crippen molar-refractivity contribution in [1.82, 2.24) is 15.3 Å². The van der Waals surface area contributed by atoms with Gasteiger partial charge in [0.25, 0.3) is 0 Å². The lowest BCUT2D eigenvalue weighted by Crippen LogP contribution is -2.44. The van der Waals surface area contributed by atoms with Crippen LogP contribution in [0.1, 0.15) is 38.3 Å². The molecule has 1 aliphatic rings. The summed E-state index contributed by atoms with van der Waals surface area (Å²) in [6.07, 6.45) is 5.58. The lowest BCUT2D eigenvalue weighted by Gasteiger charge is -2.33. The second-order valence-corrected chi connectivity index (χ2v) is 7.30. The summed E-state index contributed by atoms with van der Waals surface area (Å²) >= 11 is 0. The molecule has 1 atom stereocenters. The Balaban J connectivity index is 0.00000225. The molecule has 168 valence electrons. The molecule has 0 spiro atoms. The van der Waals surface area contributed by atoms with Crippen molar-refractivity contribution in [3.05, 3.63) is 30.0 Å². The van der Waals surface area contributed by atoms with Crippen molar-refractivity contribution < 1.29 is 4.74 Å². The SMILES string of the molecule is CCCCc1cc(N2CCC[C@@H](NC)C2)nc(Nc2ccc(OC)c(N)c2)n1.Cl.Cl. The maximum atomic E-state index is 6.04. The van der Waals surface area contributed by atoms with Crippen LogP contribution in [-0.2, 0) is 6.42 Å². The number of likely N-dealkylation sites (N-methyl/N-ethyl adjacent to an activating group) is 1. The molecule has 2 aromatic rings. The third-order valence-corrected chi connectivity index (χ3v) is 5.19. The van der Waals surface area contributed by atoms with E-state index in [0.717, 1.165) is 56.0 Å². The molecule has 1 saturated heterocycles. The van der Waals surface area contributed by atoms with Crippen molar-refractivity contribution in [2.24, 2.45) is 0 Å². The van der Waals surface area contributed by atoms with E-state index < -0.39 is 0 Å². The fraction of sp³-hybridized carbons (Fsp3) is 0.524. The molecule has 0 saturated carbocycles. The maximum Gasteiger partial charge on any atom is 0.229 e. The van der Waals surface area contributed by atoms with Gasteiger partial charge in [0.2, 0.25) is 5.95 Å². The number of nitrogens with zero attached hydrogens (tertiary/aromatic N) is 3. The first-order valence-electron chi connectivity index (χ1n) is 10.1. The molecule has 1 aromatic carbocycles. The van der Waals surface area contributed by atoms with E-state index in [9.17, 15) is 0 Å². The van der Waals surface area contributed by atoms with Gasteiger partial charge in [0.05, 0.1) is 12.8 Å². The van der Waals surface area contributed by atoms with E-state index in [1.807, 2.05) is 25.2 Å². The van der Waals surface area contributed by atoms with Crippen LogP contribution in [0.15, 0.2) is 24.3 Å². The number of ether oxygens (including phenoxy) is 1. The molecule has 0 radical (unpaired) electrons. The van der Waals surface area contributed by atoms with Crippen LogP contribution in [0.4, 0.5) is 23.1 Å². The maximum absolute atomic E-state index is 6.04. The van der Waals surface area contributed by atoms with Crippen LogP contribution in [0.25, 0.3) is 0 Å². The van der Waals surface area contributed by atoms with Gasteiger partial charge in [-0.05, 0) is 50.9 Å². The molecule has 2 heterocycles. The molecule has 0 aliphatic carbocycles. The Morgan fingerprint density at radius 3 is 2.70 bits per heavy atom. The molecule has 1 aromatic heterocycles. The summed E-state index contributed by atoms with van der Waals surface area (Å²) in [5.41, 5.74) is 8.55. The van der Waals surface area contributed by atoms with E-state index >= 15 is 0 Å². The van der Waals surface area contributed by atoms with Gasteiger partial charge < -0.3 is 26.0 Å². The molecule has 1 aliphatic heterocycles. The lowest BCUT2D eigenvalue weighted by atomic mass is 10.1. The first-order chi connectivity index (χ1) is 13.6. The summed E-state index contributed by atoms with van der Waals surface area (Å²) in [5.74, 6) is 2.26. The molecule has 0 bridgehead atoms. The van der Waals surface area contributed by atoms with Crippen molar-refractivity contribution in [3.63, 3.8) is 0 Å². The Hall–Kier alpha value is -1.96. The number of nitrogens with one attached hydrogen (secondary N) is 2. The zero-order chi connectivity index (χ0) is 19.9. The fourth-order valence-corrected chi connectivity index (χ4v) is 3.55. The molecule has 0 unspecified atom stereocenters. The number of aryl methyl sites for hydroxylation is 1. The lowest BCUT2D eigenvalue weighted by molar-refractivity contribution is 0.417. The predicted octanol–water partition coefficient (Wildman–Crippen LogP) is 4.19. The molecule has 3 rings (SSSR count). The number of hydrogen-bond acceptors (Lipinski definition) is 7. The number of unbranched alkanes of at least 4 members (excludes halogenated alkanes) is 1. The number of nitrogens with two attached hydrogens (primary N) is 1. The molecular weight excluding hydrogens is 423 g/mol. The predicted molar refractivity (Wildman–Crippen MR) is 130 cm³/mol. The number of benzene rings is 1. The minimum Gasteiger partial charge on any atom is -0.495 e. The largest absolute Gasteiger partial charge is 0.495 e. The monoisotopic (exact) mass is 456 g/mol. The van der Waals surface area contributed by atoms with Crippen molar-refractivity contribution >= 4 is 48.0 Å². The Bertz CT molecular complexity index is 792. The van der Waals surface area contributed by atoms with E-state index in [2.05, 4.69) is 28.5 Å². The van der Waals surface area contributed by atoms with Crippen LogP contribution in [0.5, 0.6) is 5.75 Å². The van der Waals surface area contributed by atoms with Crippen LogP contribution in [0, 0.1) is 0 Å². The van der Waals surface area contributed by atoms with E-state index in [-0.39, 0.29) is 24.8 Å². The number of aromatic nitrogens is 2. The van der Waals surface area contributed by atoms with Crippen molar-refractivity contribution in [2.75, 3.05) is 43.2 Å². The topological polar surface area (TPSA) is 88.3 Å². The van der Waals surface area contributed by atoms with Gasteiger partial charge in [-0.15, -0.1) is 24.8 Å². The Morgan fingerprint density at radius 2 is 2.03 bits per heavy atom. The highest BCUT2D eigenvalue weighted by Crippen LogP contribution is 2.27. The normalized spacial score (nSPS) is 15.7. The second-order valence-electron chi connectivity index (χ2n) is 7.30. The van der Waals surface area contributed by atoms with E-state index in [1.54, 1.807) is 7.11 Å². The van der Waals surface area contributed by atoms with E-state index in [1.165, 1.54) is 6.42 Å². The standard InChI is InChI=1S/C21H32N6O.2ClH/c1-4-5-7-15-13-20(27-11-6-8-17(14-27)23-2)26-21(24-15)25-16-9-10-19(28-3)18(22)12-16;;/h9-10,12-13,17,23H,4-8,11,14,22H2,1-3H3,(H,24,25,26);2*1H/t17-;;/m1../s1. The van der Waals surface area contributed by atoms with Crippen molar-refractivity contribution in [1.29, 1.82) is 0 Å². The summed E-state index contributed by atoms with van der Waals surface area (Å²) in [6, 6.07) is 8.26. The molecule has 30 heavy (non-hydrogen) atoms. The van der Waals surface area contributed by atoms with Crippen LogP contribution in [-0.4, -0.2) is 43.3 Å². The van der Waals surface area contributed by atoms with Crippen molar-refractivity contribution in [3.8, 4) is 5.75 Å². The highest BCUT2D eigenvalue weighted by atomic mass is 35.5. The minimum absolute atomic E-state index is 0. The summed E-state index contributed by atoms with van der Waals surface area (Å²) in [7, 11) is 3.64. The van der Waals surface area contributed by atoms with E-state index in [4.69, 9.17) is 20.4 Å². The molecule has 4 N–H and O–H groups in total. The van der Waals surface area contributed by atoms with Crippen LogP contribution >= 0.6 is 24.8 Å². The third kappa shape index (κ3) is 6.79. The van der Waals surface area contributed by atoms with Gasteiger partial charge in [-0.2, -0.15) is 4.98 Å². The van der Waals surface area contributed by atoms with Gasteiger partial charge in [-0.3, -0.25) is 0 Å². The summed E-state index contributed by atoms with van der Waals surface area (Å²) in [5, 5.41) is 6.72. The molecule has 0 amide bonds. The minimum atomic E-state index is 0. The number of methoxy groups -OCH3 is 1. The van der Waals surface area contributed by atoms with Crippen LogP contribution in [0.2, 0.25) is 0 Å². The summed E-state index contributed by atoms with van der Waals surface area (Å²) in [4.78, 5) is 11.9. The third-order valence-electron chi connectivity index (χ3n) is 5.19. The summed E-state index contributed by atoms with van der Waals surface area (Å²) < 4.78 is 5.24. The van der Waals surface area contributed by atoms with Crippen LogP contribution in [0.3, 0.4) is 0 Å². The zero-order valence-corrected chi connectivity index (χ0v) is 19.6. The number of anilines is 4. The quantitative estimate of drug-likeness (QED) is 0.513. The summed E-state index contributed by atoms with van der Waals surface area (Å²) in [6.45, 7) is 4.19. The molecule has 9 heteroatoms. The fourth-order valence-electron chi connectivity index (χ4n) is 3.55. The van der Waals surface area contributed by atoms with E-state index in [0.29, 0.717) is 23.4 Å². The van der Waals surface area contributed by atoms with Crippen molar-refractivity contribution in [2.45, 2.75) is 45.1 Å². The average Bonchev–Trinajstić information content (AvgIpc) is 2.72. The average molecular weight is 457 g/mol. The molecule has 7 nitrogen and oxygen atoms in total. The first kappa shape index (κ1) is 26.1. The highest BCUT2D eigenvalue weighted by molar-refractivity contribution is 5.85.